The van der Waals surface area contributed by atoms with Crippen molar-refractivity contribution in [2.45, 2.75) is 52.1 Å². The molecule has 4 aromatic rings. The van der Waals surface area contributed by atoms with Crippen LogP contribution in [0.15, 0.2) is 54.0 Å². The van der Waals surface area contributed by atoms with Crippen LogP contribution in [0.2, 0.25) is 0 Å². The van der Waals surface area contributed by atoms with E-state index in [9.17, 15) is 4.79 Å². The van der Waals surface area contributed by atoms with Gasteiger partial charge in [0.15, 0.2) is 0 Å². The fourth-order valence-electron chi connectivity index (χ4n) is 5.38. The van der Waals surface area contributed by atoms with Crippen molar-refractivity contribution in [2.24, 2.45) is 0 Å². The van der Waals surface area contributed by atoms with E-state index >= 15 is 0 Å². The van der Waals surface area contributed by atoms with Gasteiger partial charge in [-0.15, -0.1) is 22.7 Å². The van der Waals surface area contributed by atoms with Crippen LogP contribution in [0.3, 0.4) is 0 Å². The Morgan fingerprint density at radius 3 is 2.64 bits per heavy atom. The molecule has 3 aromatic heterocycles. The normalized spacial score (nSPS) is 17.2. The van der Waals surface area contributed by atoms with Crippen LogP contribution < -0.4 is 5.32 Å². The SMILES string of the molecule is Cc1cc(C)cc(NC(=O)N2Cc3c(sc4c3CCCC4)-n3cccc3[C@H]2c2cccs2)c1. The number of fused-ring (bicyclic) bond motifs is 5. The van der Waals surface area contributed by atoms with Gasteiger partial charge in [-0.1, -0.05) is 12.1 Å². The summed E-state index contributed by atoms with van der Waals surface area (Å²) in [6.45, 7) is 4.77. The van der Waals surface area contributed by atoms with Crippen molar-refractivity contribution in [2.75, 3.05) is 5.32 Å². The van der Waals surface area contributed by atoms with Gasteiger partial charge in [-0.3, -0.25) is 0 Å². The maximum atomic E-state index is 13.9. The Hall–Kier alpha value is -2.83. The molecule has 6 heteroatoms. The van der Waals surface area contributed by atoms with E-state index in [4.69, 9.17) is 0 Å². The first kappa shape index (κ1) is 20.8. The van der Waals surface area contributed by atoms with Crippen LogP contribution in [0.4, 0.5) is 10.5 Å². The molecule has 2 aliphatic rings. The second kappa shape index (κ2) is 8.19. The standard InChI is InChI=1S/C27H27N3OS2/c1-17-13-18(2)15-19(14-17)28-27(31)30-16-21-20-7-3-4-9-23(20)33-26(21)29-11-5-8-22(29)25(30)24-10-6-12-32-24/h5-6,8,10-15,25H,3-4,7,9,16H2,1-2H3,(H,28,31)/t25-/m0/s1. The van der Waals surface area contributed by atoms with Gasteiger partial charge in [-0.2, -0.15) is 0 Å². The number of urea groups is 1. The first-order valence-electron chi connectivity index (χ1n) is 11.6. The molecular formula is C27H27N3OS2. The Kier molecular flexibility index (Phi) is 5.15. The van der Waals surface area contributed by atoms with Crippen LogP contribution >= 0.6 is 22.7 Å². The number of nitrogens with one attached hydrogen (secondary N) is 1. The Morgan fingerprint density at radius 2 is 1.85 bits per heavy atom. The quantitative estimate of drug-likeness (QED) is 0.327. The lowest BCUT2D eigenvalue weighted by molar-refractivity contribution is 0.195. The minimum atomic E-state index is -0.121. The first-order chi connectivity index (χ1) is 16.1. The summed E-state index contributed by atoms with van der Waals surface area (Å²) in [7, 11) is 0. The number of hydrogen-bond acceptors (Lipinski definition) is 3. The third-order valence-electron chi connectivity index (χ3n) is 6.73. The zero-order valence-corrected chi connectivity index (χ0v) is 20.6. The lowest BCUT2D eigenvalue weighted by atomic mass is 9.95. The van der Waals surface area contributed by atoms with Crippen molar-refractivity contribution in [3.63, 3.8) is 0 Å². The fraction of sp³-hybridized carbons (Fsp3) is 0.296. The van der Waals surface area contributed by atoms with E-state index in [0.717, 1.165) is 35.3 Å². The van der Waals surface area contributed by atoms with Gasteiger partial charge in [0.2, 0.25) is 0 Å². The number of nitrogens with zero attached hydrogens (tertiary/aromatic N) is 2. The lowest BCUT2D eigenvalue weighted by Gasteiger charge is -2.30. The average Bonchev–Trinajstić information content (AvgIpc) is 3.52. The zero-order chi connectivity index (χ0) is 22.5. The van der Waals surface area contributed by atoms with E-state index in [1.54, 1.807) is 11.3 Å². The maximum Gasteiger partial charge on any atom is 0.323 e. The van der Waals surface area contributed by atoms with E-state index in [-0.39, 0.29) is 12.1 Å². The van der Waals surface area contributed by atoms with Gasteiger partial charge in [-0.05, 0) is 91.9 Å². The highest BCUT2D eigenvalue weighted by atomic mass is 32.1. The molecule has 6 rings (SSSR count). The molecule has 33 heavy (non-hydrogen) atoms. The molecule has 0 spiro atoms. The summed E-state index contributed by atoms with van der Waals surface area (Å²) in [5, 5.41) is 6.62. The molecule has 1 aliphatic heterocycles. The summed E-state index contributed by atoms with van der Waals surface area (Å²) >= 11 is 3.64. The molecule has 0 saturated carbocycles. The summed E-state index contributed by atoms with van der Waals surface area (Å²) in [4.78, 5) is 18.6. The van der Waals surface area contributed by atoms with Crippen molar-refractivity contribution in [1.29, 1.82) is 0 Å². The molecule has 1 aromatic carbocycles. The number of amides is 2. The zero-order valence-electron chi connectivity index (χ0n) is 18.9. The van der Waals surface area contributed by atoms with Gasteiger partial charge in [0.1, 0.15) is 11.0 Å². The van der Waals surface area contributed by atoms with E-state index in [0.29, 0.717) is 6.54 Å². The van der Waals surface area contributed by atoms with Gasteiger partial charge < -0.3 is 14.8 Å². The smallest absolute Gasteiger partial charge is 0.310 e. The number of rotatable bonds is 2. The monoisotopic (exact) mass is 473 g/mol. The number of anilines is 1. The van der Waals surface area contributed by atoms with Crippen molar-refractivity contribution in [3.05, 3.63) is 91.7 Å². The van der Waals surface area contributed by atoms with Crippen LogP contribution in [0.1, 0.15) is 56.6 Å². The number of carbonyl (C=O) groups excluding carboxylic acids is 1. The summed E-state index contributed by atoms with van der Waals surface area (Å²) in [5.74, 6) is 0. The molecule has 0 bridgehead atoms. The fourth-order valence-corrected chi connectivity index (χ4v) is 7.63. The van der Waals surface area contributed by atoms with Gasteiger partial charge in [0.05, 0.1) is 12.2 Å². The molecule has 168 valence electrons. The maximum absolute atomic E-state index is 13.9. The number of thiophene rings is 2. The van der Waals surface area contributed by atoms with Crippen molar-refractivity contribution in [3.8, 4) is 5.00 Å². The van der Waals surface area contributed by atoms with E-state index in [1.165, 1.54) is 38.7 Å². The predicted octanol–water partition coefficient (Wildman–Crippen LogP) is 7.23. The molecule has 4 heterocycles. The molecule has 0 unspecified atom stereocenters. The van der Waals surface area contributed by atoms with Crippen molar-refractivity contribution >= 4 is 34.4 Å². The minimum absolute atomic E-state index is 0.0465. The first-order valence-corrected chi connectivity index (χ1v) is 13.3. The molecule has 0 saturated heterocycles. The lowest BCUT2D eigenvalue weighted by Crippen LogP contribution is -2.37. The Balaban J connectivity index is 1.48. The molecule has 0 fully saturated rings. The van der Waals surface area contributed by atoms with Gasteiger partial charge in [-0.25, -0.2) is 4.79 Å². The third kappa shape index (κ3) is 3.62. The largest absolute Gasteiger partial charge is 0.323 e. The minimum Gasteiger partial charge on any atom is -0.310 e. The van der Waals surface area contributed by atoms with Crippen molar-refractivity contribution < 1.29 is 4.79 Å². The Bertz CT molecular complexity index is 1310. The van der Waals surface area contributed by atoms with E-state index < -0.39 is 0 Å². The van der Waals surface area contributed by atoms with Crippen LogP contribution in [-0.2, 0) is 19.4 Å². The number of aryl methyl sites for hydroxylation is 3. The van der Waals surface area contributed by atoms with Gasteiger partial charge in [0.25, 0.3) is 0 Å². The topological polar surface area (TPSA) is 37.3 Å². The molecule has 0 radical (unpaired) electrons. The predicted molar refractivity (Wildman–Crippen MR) is 137 cm³/mol. The second-order valence-corrected chi connectivity index (χ2v) is 11.2. The Labute approximate surface area is 202 Å². The Morgan fingerprint density at radius 1 is 1.03 bits per heavy atom. The van der Waals surface area contributed by atoms with Gasteiger partial charge in [0, 0.05) is 27.2 Å². The molecule has 4 nitrogen and oxygen atoms in total. The summed E-state index contributed by atoms with van der Waals surface area (Å²) < 4.78 is 2.34. The van der Waals surface area contributed by atoms with Crippen molar-refractivity contribution in [1.82, 2.24) is 9.47 Å². The molecule has 1 N–H and O–H groups in total. The van der Waals surface area contributed by atoms with Crippen LogP contribution in [-0.4, -0.2) is 15.5 Å². The highest BCUT2D eigenvalue weighted by molar-refractivity contribution is 7.15. The molecule has 1 aliphatic carbocycles. The summed E-state index contributed by atoms with van der Waals surface area (Å²) in [5.41, 5.74) is 7.14. The molecular weight excluding hydrogens is 446 g/mol. The highest BCUT2D eigenvalue weighted by Crippen LogP contribution is 2.44. The van der Waals surface area contributed by atoms with E-state index in [1.807, 2.05) is 28.4 Å². The van der Waals surface area contributed by atoms with E-state index in [2.05, 4.69) is 65.6 Å². The van der Waals surface area contributed by atoms with Crippen LogP contribution in [0, 0.1) is 13.8 Å². The number of aromatic nitrogens is 1. The van der Waals surface area contributed by atoms with Gasteiger partial charge >= 0.3 is 6.03 Å². The highest BCUT2D eigenvalue weighted by Gasteiger charge is 2.36. The molecule has 1 atom stereocenters. The number of hydrogen-bond donors (Lipinski definition) is 1. The van der Waals surface area contributed by atoms with Crippen LogP contribution in [0.25, 0.3) is 5.00 Å². The number of benzene rings is 1. The number of carbonyl (C=O) groups is 1. The van der Waals surface area contributed by atoms with Crippen LogP contribution in [0.5, 0.6) is 0 Å². The summed E-state index contributed by atoms with van der Waals surface area (Å²) in [6.07, 6.45) is 6.94. The second-order valence-electron chi connectivity index (χ2n) is 9.15. The summed E-state index contributed by atoms with van der Waals surface area (Å²) in [6, 6.07) is 14.6. The molecule has 2 amide bonds. The third-order valence-corrected chi connectivity index (χ3v) is 8.98. The average molecular weight is 474 g/mol.